The molecule has 0 aliphatic carbocycles. The van der Waals surface area contributed by atoms with Gasteiger partial charge in [-0.2, -0.15) is 62.5 Å². The van der Waals surface area contributed by atoms with Crippen molar-refractivity contribution in [1.82, 2.24) is 0 Å². The van der Waals surface area contributed by atoms with Gasteiger partial charge >= 0.3 is 10.4 Å². The fourth-order valence-electron chi connectivity index (χ4n) is 6.11. The highest BCUT2D eigenvalue weighted by Gasteiger charge is 2.28. The zero-order chi connectivity index (χ0) is 52.5. The third kappa shape index (κ3) is 13.2. The molecule has 0 heterocycles. The molecule has 0 saturated heterocycles. The molecule has 0 spiro atoms. The summed E-state index contributed by atoms with van der Waals surface area (Å²) >= 11 is 0. The third-order valence-electron chi connectivity index (χ3n) is 9.30. The van der Waals surface area contributed by atoms with Gasteiger partial charge in [-0.1, -0.05) is 24.3 Å². The quantitative estimate of drug-likeness (QED) is 0.0201. The Labute approximate surface area is 401 Å². The van der Waals surface area contributed by atoms with Crippen molar-refractivity contribution in [2.45, 2.75) is 24.5 Å². The lowest BCUT2D eigenvalue weighted by atomic mass is 10.1. The summed E-state index contributed by atoms with van der Waals surface area (Å²) in [7, 11) is -30.0. The molecule has 0 fully saturated rings. The van der Waals surface area contributed by atoms with Crippen molar-refractivity contribution in [2.24, 2.45) is 30.7 Å². The third-order valence-corrected chi connectivity index (χ3v) is 15.0. The fourth-order valence-corrected chi connectivity index (χ4v) is 10.3. The molecule has 0 aromatic heterocycles. The molecular formula is C38H31N7O20S6. The van der Waals surface area contributed by atoms with Gasteiger partial charge in [0.1, 0.15) is 36.7 Å². The van der Waals surface area contributed by atoms with Gasteiger partial charge in [0.25, 0.3) is 40.5 Å². The van der Waals surface area contributed by atoms with Crippen LogP contribution in [-0.2, 0) is 64.9 Å². The summed E-state index contributed by atoms with van der Waals surface area (Å²) in [6.07, 6.45) is 2.07. The normalized spacial score (nSPS) is 13.4. The second-order valence-electron chi connectivity index (χ2n) is 14.2. The van der Waals surface area contributed by atoms with Gasteiger partial charge in [0.2, 0.25) is 0 Å². The van der Waals surface area contributed by atoms with Crippen molar-refractivity contribution in [3.63, 3.8) is 0 Å². The van der Waals surface area contributed by atoms with Gasteiger partial charge in [-0.3, -0.25) is 22.8 Å². The largest absolute Gasteiger partial charge is 0.508 e. The van der Waals surface area contributed by atoms with E-state index in [1.165, 1.54) is 36.4 Å². The summed E-state index contributed by atoms with van der Waals surface area (Å²) in [4.78, 5) is -4.33. The van der Waals surface area contributed by atoms with Crippen molar-refractivity contribution in [3.8, 4) is 11.5 Å². The number of anilines is 1. The number of sulfone groups is 1. The molecule has 9 N–H and O–H groups in total. The Morgan fingerprint density at radius 3 is 1.34 bits per heavy atom. The van der Waals surface area contributed by atoms with E-state index in [2.05, 4.69) is 34.9 Å². The van der Waals surface area contributed by atoms with Crippen LogP contribution in [0.15, 0.2) is 152 Å². The number of nitrogens with two attached hydrogens (primary N) is 1. The maximum atomic E-state index is 12.6. The first-order valence-corrected chi connectivity index (χ1v) is 27.6. The summed E-state index contributed by atoms with van der Waals surface area (Å²) in [5, 5.41) is 42.4. The van der Waals surface area contributed by atoms with E-state index in [0.717, 1.165) is 54.6 Å². The Morgan fingerprint density at radius 1 is 0.479 bits per heavy atom. The van der Waals surface area contributed by atoms with Gasteiger partial charge in [-0.25, -0.2) is 12.6 Å². The first-order chi connectivity index (χ1) is 32.8. The van der Waals surface area contributed by atoms with Crippen LogP contribution in [0.4, 0.5) is 39.8 Å². The van der Waals surface area contributed by atoms with Gasteiger partial charge in [0, 0.05) is 0 Å². The Hall–Kier alpha value is -7.02. The molecule has 0 aliphatic heterocycles. The number of nitrogens with zero attached hydrogens (tertiary/aromatic N) is 6. The summed E-state index contributed by atoms with van der Waals surface area (Å²) in [6, 6.07) is 16.9. The molecule has 27 nitrogen and oxygen atoms in total. The van der Waals surface area contributed by atoms with Crippen LogP contribution in [0.25, 0.3) is 22.9 Å². The van der Waals surface area contributed by atoms with Gasteiger partial charge in [-0.15, -0.1) is 10.2 Å². The molecular weight excluding hydrogens is 1070 g/mol. The van der Waals surface area contributed by atoms with E-state index < -0.39 is 132 Å². The summed E-state index contributed by atoms with van der Waals surface area (Å²) in [5.74, 6) is -2.16. The molecule has 0 bridgehead atoms. The zero-order valence-electron chi connectivity index (χ0n) is 35.0. The predicted molar refractivity (Wildman–Crippen MR) is 248 cm³/mol. The van der Waals surface area contributed by atoms with Crippen LogP contribution >= 0.6 is 0 Å². The molecule has 6 aromatic carbocycles. The number of phenols is 2. The van der Waals surface area contributed by atoms with Gasteiger partial charge in [-0.05, 0) is 101 Å². The maximum Gasteiger partial charge on any atom is 0.397 e. The average Bonchev–Trinajstić information content (AvgIpc) is 3.25. The van der Waals surface area contributed by atoms with Crippen molar-refractivity contribution < 1.29 is 87.7 Å². The minimum absolute atomic E-state index is 0.0476. The van der Waals surface area contributed by atoms with Gasteiger partial charge in [0.15, 0.2) is 15.6 Å². The second kappa shape index (κ2) is 20.0. The molecule has 6 aromatic rings. The monoisotopic (exact) mass is 1100 g/mol. The highest BCUT2D eigenvalue weighted by Crippen LogP contribution is 2.48. The molecule has 6 rings (SSSR count). The number of phenolic OH excluding ortho intramolecular Hbond substituents is 2. The highest BCUT2D eigenvalue weighted by atomic mass is 32.3. The minimum atomic E-state index is -5.42. The molecule has 0 amide bonds. The van der Waals surface area contributed by atoms with E-state index in [1.54, 1.807) is 0 Å². The van der Waals surface area contributed by atoms with Crippen LogP contribution in [0, 0.1) is 0 Å². The number of rotatable bonds is 17. The van der Waals surface area contributed by atoms with Crippen LogP contribution in [0.3, 0.4) is 0 Å². The van der Waals surface area contributed by atoms with E-state index in [4.69, 9.17) is 10.3 Å². The Bertz CT molecular complexity index is 3960. The second-order valence-corrected chi connectivity index (χ2v) is 22.9. The molecule has 33 heteroatoms. The van der Waals surface area contributed by atoms with Crippen LogP contribution < -0.4 is 5.73 Å². The maximum absolute atomic E-state index is 12.6. The Balaban J connectivity index is 1.38. The van der Waals surface area contributed by atoms with Crippen LogP contribution in [0.1, 0.15) is 11.1 Å². The summed E-state index contributed by atoms with van der Waals surface area (Å²) in [5.41, 5.74) is 2.48. The molecule has 374 valence electrons. The molecule has 0 saturated carbocycles. The number of hydrogen-bond donors (Lipinski definition) is 8. The lowest BCUT2D eigenvalue weighted by Gasteiger charge is -2.14. The first-order valence-electron chi connectivity index (χ1n) is 18.8. The fraction of sp³-hybridized carbons (Fsp3) is 0.0526. The smallest absolute Gasteiger partial charge is 0.397 e. The van der Waals surface area contributed by atoms with Crippen molar-refractivity contribution in [1.29, 1.82) is 0 Å². The minimum Gasteiger partial charge on any atom is -0.508 e. The predicted octanol–water partition coefficient (Wildman–Crippen LogP) is 6.83. The van der Waals surface area contributed by atoms with Crippen LogP contribution in [0.5, 0.6) is 11.5 Å². The molecule has 0 aliphatic rings. The highest BCUT2D eigenvalue weighted by molar-refractivity contribution is 7.91. The van der Waals surface area contributed by atoms with Crippen molar-refractivity contribution in [3.05, 3.63) is 108 Å². The first kappa shape index (κ1) is 53.3. The van der Waals surface area contributed by atoms with Gasteiger partial charge in [0.05, 0.1) is 51.1 Å². The molecule has 71 heavy (non-hydrogen) atoms. The van der Waals surface area contributed by atoms with Crippen molar-refractivity contribution >= 4 is 123 Å². The molecule has 0 atom stereocenters. The summed E-state index contributed by atoms with van der Waals surface area (Å²) in [6.45, 7) is -0.935. The Kier molecular flexibility index (Phi) is 15.0. The molecule has 0 unspecified atom stereocenters. The van der Waals surface area contributed by atoms with Crippen LogP contribution in [0.2, 0.25) is 0 Å². The SMILES string of the molecule is Nc1c(N=Nc2ccc(S(=O)(=O)CCOS(=O)(=O)O)cc2)c(S(=O)(=O)O)cc2cc(S(=O)(=O)O)c(N=Nc3ccc(/C=C/c4ccc(N=Nc5ccc(O)cc5)cc4S(=O)(=O)O)c(S(=O)(=O)O)c3)c(O)c12. The zero-order valence-corrected chi connectivity index (χ0v) is 39.9. The lowest BCUT2D eigenvalue weighted by Crippen LogP contribution is -2.15. The number of aromatic hydroxyl groups is 2. The van der Waals surface area contributed by atoms with Crippen LogP contribution in [-0.4, -0.2) is 95.8 Å². The Morgan fingerprint density at radius 2 is 0.873 bits per heavy atom. The van der Waals surface area contributed by atoms with E-state index in [1.807, 2.05) is 0 Å². The van der Waals surface area contributed by atoms with E-state index >= 15 is 0 Å². The van der Waals surface area contributed by atoms with Gasteiger partial charge < -0.3 is 15.9 Å². The topological polar surface area (TPSA) is 456 Å². The molecule has 0 radical (unpaired) electrons. The van der Waals surface area contributed by atoms with E-state index in [9.17, 15) is 78.9 Å². The number of nitrogen functional groups attached to an aromatic ring is 1. The average molecular weight is 1100 g/mol. The van der Waals surface area contributed by atoms with E-state index in [0.29, 0.717) is 18.2 Å². The standard InChI is InChI=1S/C38H31N7O20S6/c39-35-34-23(17-32(69(56,57)58)36(35)44-41-25-9-13-29(14-10-25)66(48,49)16-15-65-71(62,63)64)18-33(70(59,60)61)37(38(34)47)45-43-27-6-4-22(31(20-27)68(53,54)55)2-1-21-3-5-26(19-30(21)67(50,51)52)42-40-24-7-11-28(46)12-8-24/h1-14,17-20,46-47H,15-16,39H2,(H,50,51,52)(H,53,54,55)(H,56,57,58)(H,59,60,61)(H,62,63,64)/b2-1+,42-40?,44-41?,45-43?. The number of benzene rings is 6. The number of fused-ring (bicyclic) bond motifs is 1. The lowest BCUT2D eigenvalue weighted by molar-refractivity contribution is 0.284. The summed E-state index contributed by atoms with van der Waals surface area (Å²) < 4.78 is 200. The van der Waals surface area contributed by atoms with Crippen molar-refractivity contribution in [2.75, 3.05) is 18.1 Å². The van der Waals surface area contributed by atoms with E-state index in [-0.39, 0.29) is 38.8 Å². The number of hydrogen-bond acceptors (Lipinski definition) is 22. The number of azo groups is 3.